The second kappa shape index (κ2) is 14.9. The Labute approximate surface area is 259 Å². The molecule has 3 N–H and O–H groups in total. The summed E-state index contributed by atoms with van der Waals surface area (Å²) in [5.74, 6) is -8.22. The average Bonchev–Trinajstić information content (AvgIpc) is 3.05. The highest BCUT2D eigenvalue weighted by atomic mass is 32.2. The molecule has 0 bridgehead atoms. The number of carbonyl (C=O) groups excluding carboxylic acids is 3. The average molecular weight is 640 g/mol. The number of halogens is 4. The van der Waals surface area contributed by atoms with Crippen LogP contribution in [-0.4, -0.2) is 37.7 Å². The fraction of sp³-hybridized carbons (Fsp3) is 0.0938. The summed E-state index contributed by atoms with van der Waals surface area (Å²) >= 11 is 0.968. The van der Waals surface area contributed by atoms with E-state index in [9.17, 15) is 31.9 Å². The van der Waals surface area contributed by atoms with Crippen molar-refractivity contribution in [3.8, 4) is 11.5 Å². The second-order valence-electron chi connectivity index (χ2n) is 9.15. The molecular weight excluding hydrogens is 614 g/mol. The number of thioether (sulfide) groups is 1. The minimum atomic E-state index is -1.72. The number of nitrogens with one attached hydrogen (secondary N) is 3. The van der Waals surface area contributed by atoms with Gasteiger partial charge in [-0.1, -0.05) is 24.3 Å². The molecule has 0 fully saturated rings. The third kappa shape index (κ3) is 8.42. The van der Waals surface area contributed by atoms with Gasteiger partial charge in [-0.15, -0.1) is 11.8 Å². The molecule has 232 valence electrons. The van der Waals surface area contributed by atoms with Crippen LogP contribution in [0.3, 0.4) is 0 Å². The van der Waals surface area contributed by atoms with Gasteiger partial charge in [-0.3, -0.25) is 14.4 Å². The van der Waals surface area contributed by atoms with Crippen molar-refractivity contribution in [3.05, 3.63) is 119 Å². The molecule has 0 saturated heterocycles. The first kappa shape index (κ1) is 32.6. The molecule has 0 aromatic heterocycles. The molecule has 0 aliphatic carbocycles. The molecule has 0 unspecified atom stereocenters. The maximum atomic E-state index is 13.8. The molecule has 4 aromatic carbocycles. The Morgan fingerprint density at radius 3 is 2.04 bits per heavy atom. The predicted octanol–water partition coefficient (Wildman–Crippen LogP) is 6.40. The van der Waals surface area contributed by atoms with Crippen LogP contribution in [-0.2, 0) is 9.59 Å². The topological polar surface area (TPSA) is 106 Å². The minimum Gasteiger partial charge on any atom is -0.493 e. The lowest BCUT2D eigenvalue weighted by Crippen LogP contribution is -2.30. The number of benzene rings is 4. The number of anilines is 2. The van der Waals surface area contributed by atoms with Crippen LogP contribution in [0.4, 0.5) is 28.9 Å². The monoisotopic (exact) mass is 639 g/mol. The van der Waals surface area contributed by atoms with Crippen LogP contribution in [0.5, 0.6) is 11.5 Å². The van der Waals surface area contributed by atoms with Gasteiger partial charge in [0.15, 0.2) is 34.8 Å². The lowest BCUT2D eigenvalue weighted by atomic mass is 10.1. The fourth-order valence-electron chi connectivity index (χ4n) is 3.89. The van der Waals surface area contributed by atoms with E-state index >= 15 is 0 Å². The van der Waals surface area contributed by atoms with Crippen LogP contribution in [0.1, 0.15) is 15.9 Å². The van der Waals surface area contributed by atoms with Crippen molar-refractivity contribution in [2.75, 3.05) is 30.6 Å². The summed E-state index contributed by atoms with van der Waals surface area (Å²) in [5.41, 5.74) is -0.0638. The molecule has 0 saturated carbocycles. The van der Waals surface area contributed by atoms with E-state index < -0.39 is 46.7 Å². The van der Waals surface area contributed by atoms with Gasteiger partial charge in [0.2, 0.25) is 5.91 Å². The van der Waals surface area contributed by atoms with Crippen molar-refractivity contribution >= 4 is 46.9 Å². The molecule has 0 aliphatic heterocycles. The molecule has 45 heavy (non-hydrogen) atoms. The van der Waals surface area contributed by atoms with E-state index in [2.05, 4.69) is 10.6 Å². The first-order chi connectivity index (χ1) is 21.6. The first-order valence-electron chi connectivity index (χ1n) is 13.1. The molecule has 4 rings (SSSR count). The Hall–Kier alpha value is -5.30. The lowest BCUT2D eigenvalue weighted by Gasteiger charge is -2.13. The number of ether oxygens (including phenoxy) is 2. The van der Waals surface area contributed by atoms with Crippen molar-refractivity contribution in [3.63, 3.8) is 0 Å². The smallest absolute Gasteiger partial charge is 0.272 e. The molecule has 0 atom stereocenters. The largest absolute Gasteiger partial charge is 0.493 e. The van der Waals surface area contributed by atoms with E-state index in [1.165, 1.54) is 32.4 Å². The van der Waals surface area contributed by atoms with Crippen LogP contribution in [0.25, 0.3) is 6.08 Å². The second-order valence-corrected chi connectivity index (χ2v) is 10.2. The van der Waals surface area contributed by atoms with Crippen LogP contribution in [0, 0.1) is 23.3 Å². The Morgan fingerprint density at radius 2 is 1.42 bits per heavy atom. The van der Waals surface area contributed by atoms with E-state index in [-0.39, 0.29) is 17.5 Å². The maximum absolute atomic E-state index is 13.8. The van der Waals surface area contributed by atoms with Crippen LogP contribution in [0.15, 0.2) is 89.5 Å². The summed E-state index contributed by atoms with van der Waals surface area (Å²) in [6.07, 6.45) is 1.47. The predicted molar refractivity (Wildman–Crippen MR) is 162 cm³/mol. The highest BCUT2D eigenvalue weighted by molar-refractivity contribution is 8.00. The summed E-state index contributed by atoms with van der Waals surface area (Å²) in [6, 6.07) is 19.5. The third-order valence-electron chi connectivity index (χ3n) is 6.11. The van der Waals surface area contributed by atoms with E-state index in [0.717, 1.165) is 11.8 Å². The molecule has 0 radical (unpaired) electrons. The van der Waals surface area contributed by atoms with Gasteiger partial charge < -0.3 is 25.4 Å². The molecule has 3 amide bonds. The molecular formula is C32H25F4N3O5S. The van der Waals surface area contributed by atoms with Crippen molar-refractivity contribution in [1.29, 1.82) is 0 Å². The van der Waals surface area contributed by atoms with Gasteiger partial charge in [-0.05, 0) is 60.2 Å². The number of hydrogen-bond donors (Lipinski definition) is 3. The van der Waals surface area contributed by atoms with E-state index in [1.54, 1.807) is 60.7 Å². The van der Waals surface area contributed by atoms with Crippen LogP contribution in [0.2, 0.25) is 0 Å². The molecule has 8 nitrogen and oxygen atoms in total. The number of rotatable bonds is 11. The van der Waals surface area contributed by atoms with Gasteiger partial charge >= 0.3 is 0 Å². The molecule has 0 spiro atoms. The first-order valence-corrected chi connectivity index (χ1v) is 14.0. The van der Waals surface area contributed by atoms with Gasteiger partial charge in [0.05, 0.1) is 20.0 Å². The third-order valence-corrected chi connectivity index (χ3v) is 7.12. The Morgan fingerprint density at radius 1 is 0.778 bits per heavy atom. The molecule has 0 aliphatic rings. The number of amides is 3. The van der Waals surface area contributed by atoms with Crippen molar-refractivity contribution < 1.29 is 41.4 Å². The zero-order valence-electron chi connectivity index (χ0n) is 23.8. The van der Waals surface area contributed by atoms with Crippen molar-refractivity contribution in [1.82, 2.24) is 5.32 Å². The van der Waals surface area contributed by atoms with E-state index in [4.69, 9.17) is 9.47 Å². The number of methoxy groups -OCH3 is 2. The molecule has 13 heteroatoms. The highest BCUT2D eigenvalue weighted by Gasteiger charge is 2.21. The van der Waals surface area contributed by atoms with Crippen LogP contribution >= 0.6 is 11.8 Å². The summed E-state index contributed by atoms with van der Waals surface area (Å²) < 4.78 is 65.1. The quantitative estimate of drug-likeness (QED) is 0.0760. The van der Waals surface area contributed by atoms with E-state index in [0.29, 0.717) is 33.2 Å². The number of hydrogen-bond acceptors (Lipinski definition) is 6. The Kier molecular flexibility index (Phi) is 10.8. The van der Waals surface area contributed by atoms with E-state index in [1.807, 2.05) is 5.32 Å². The maximum Gasteiger partial charge on any atom is 0.272 e. The van der Waals surface area contributed by atoms with Gasteiger partial charge in [-0.25, -0.2) is 17.6 Å². The van der Waals surface area contributed by atoms with Crippen molar-refractivity contribution in [2.45, 2.75) is 4.90 Å². The fourth-order valence-corrected chi connectivity index (χ4v) is 4.59. The summed E-state index contributed by atoms with van der Waals surface area (Å²) in [5, 5.41) is 7.17. The van der Waals surface area contributed by atoms with Crippen LogP contribution < -0.4 is 25.4 Å². The van der Waals surface area contributed by atoms with Gasteiger partial charge in [-0.2, -0.15) is 0 Å². The van der Waals surface area contributed by atoms with Gasteiger partial charge in [0, 0.05) is 22.2 Å². The summed E-state index contributed by atoms with van der Waals surface area (Å²) in [4.78, 5) is 38.9. The standard InChI is InChI=1S/C32H25F4N3O5S/c1-43-25-13-8-18(15-26(25)44-2)14-24(38-31(41)19-6-4-3-5-7-19)32(42)37-20-9-11-21(12-10-20)45-17-27(40)39-30-28(35)22(33)16-23(34)29(30)36/h3-16H,17H2,1-2H3,(H,37,42)(H,38,41)(H,39,40)/b24-14-. The zero-order valence-corrected chi connectivity index (χ0v) is 24.6. The molecule has 0 heterocycles. The SMILES string of the molecule is COc1ccc(/C=C(\NC(=O)c2ccccc2)C(=O)Nc2ccc(SCC(=O)Nc3c(F)c(F)cc(F)c3F)cc2)cc1OC. The number of carbonyl (C=O) groups is 3. The normalized spacial score (nSPS) is 11.0. The minimum absolute atomic E-state index is 0.0433. The van der Waals surface area contributed by atoms with Gasteiger partial charge in [0.25, 0.3) is 11.8 Å². The van der Waals surface area contributed by atoms with Crippen molar-refractivity contribution in [2.24, 2.45) is 0 Å². The van der Waals surface area contributed by atoms with Gasteiger partial charge in [0.1, 0.15) is 11.4 Å². The Balaban J connectivity index is 1.46. The Bertz CT molecular complexity index is 1730. The summed E-state index contributed by atoms with van der Waals surface area (Å²) in [7, 11) is 2.96. The zero-order chi connectivity index (χ0) is 32.5. The lowest BCUT2D eigenvalue weighted by molar-refractivity contribution is -0.114. The summed E-state index contributed by atoms with van der Waals surface area (Å²) in [6.45, 7) is 0. The highest BCUT2D eigenvalue weighted by Crippen LogP contribution is 2.29. The molecule has 4 aromatic rings.